The van der Waals surface area contributed by atoms with E-state index in [1.807, 2.05) is 6.07 Å². The van der Waals surface area contributed by atoms with E-state index in [-0.39, 0.29) is 28.7 Å². The third kappa shape index (κ3) is 2.20. The summed E-state index contributed by atoms with van der Waals surface area (Å²) >= 11 is 5.80. The first-order valence-electron chi connectivity index (χ1n) is 5.34. The van der Waals surface area contributed by atoms with Crippen LogP contribution in [0.5, 0.6) is 0 Å². The number of nitrogens with two attached hydrogens (primary N) is 1. The molecular formula is C12H16Cl2FN. The van der Waals surface area contributed by atoms with Gasteiger partial charge in [0.15, 0.2) is 0 Å². The number of rotatable bonds is 2. The Kier molecular flexibility index (Phi) is 4.60. The predicted molar refractivity (Wildman–Crippen MR) is 67.9 cm³/mol. The topological polar surface area (TPSA) is 26.0 Å². The van der Waals surface area contributed by atoms with Crippen molar-refractivity contribution in [3.8, 4) is 0 Å². The molecule has 2 rings (SSSR count). The third-order valence-corrected chi connectivity index (χ3v) is 3.77. The second kappa shape index (κ2) is 5.35. The molecule has 4 heteroatoms. The van der Waals surface area contributed by atoms with Gasteiger partial charge in [0.2, 0.25) is 0 Å². The van der Waals surface area contributed by atoms with Gasteiger partial charge in [-0.1, -0.05) is 36.6 Å². The second-order valence-corrected chi connectivity index (χ2v) is 4.70. The van der Waals surface area contributed by atoms with Gasteiger partial charge in [-0.25, -0.2) is 4.39 Å². The molecule has 1 aliphatic rings. The van der Waals surface area contributed by atoms with Gasteiger partial charge in [0.25, 0.3) is 0 Å². The minimum atomic E-state index is -0.286. The van der Waals surface area contributed by atoms with E-state index in [0.29, 0.717) is 12.1 Å². The molecule has 0 amide bonds. The van der Waals surface area contributed by atoms with E-state index in [4.69, 9.17) is 17.3 Å². The van der Waals surface area contributed by atoms with Crippen molar-refractivity contribution in [1.82, 2.24) is 0 Å². The van der Waals surface area contributed by atoms with Crippen LogP contribution in [0.25, 0.3) is 0 Å². The van der Waals surface area contributed by atoms with Crippen LogP contribution in [0.15, 0.2) is 18.2 Å². The molecule has 0 bridgehead atoms. The van der Waals surface area contributed by atoms with Crippen molar-refractivity contribution < 1.29 is 4.39 Å². The van der Waals surface area contributed by atoms with Crippen LogP contribution in [-0.4, -0.2) is 6.54 Å². The molecule has 0 aliphatic heterocycles. The molecule has 1 saturated carbocycles. The Hall–Kier alpha value is -0.310. The maximum Gasteiger partial charge on any atom is 0.145 e. The average Bonchev–Trinajstić information content (AvgIpc) is 2.72. The number of hydrogen-bond acceptors (Lipinski definition) is 1. The second-order valence-electron chi connectivity index (χ2n) is 4.29. The van der Waals surface area contributed by atoms with Gasteiger partial charge in [0.1, 0.15) is 5.82 Å². The third-order valence-electron chi connectivity index (χ3n) is 3.47. The molecule has 90 valence electrons. The van der Waals surface area contributed by atoms with Crippen LogP contribution in [0.4, 0.5) is 4.39 Å². The minimum absolute atomic E-state index is 0. The van der Waals surface area contributed by atoms with Crippen molar-refractivity contribution >= 4 is 24.0 Å². The fraction of sp³-hybridized carbons (Fsp3) is 0.500. The zero-order valence-corrected chi connectivity index (χ0v) is 10.6. The minimum Gasteiger partial charge on any atom is -0.330 e. The maximum atomic E-state index is 13.9. The zero-order valence-electron chi connectivity index (χ0n) is 9.01. The van der Waals surface area contributed by atoms with Crippen LogP contribution >= 0.6 is 24.0 Å². The fourth-order valence-corrected chi connectivity index (χ4v) is 2.72. The largest absolute Gasteiger partial charge is 0.330 e. The Balaban J connectivity index is 0.00000128. The fourth-order valence-electron chi connectivity index (χ4n) is 2.55. The van der Waals surface area contributed by atoms with E-state index in [0.717, 1.165) is 25.7 Å². The smallest absolute Gasteiger partial charge is 0.145 e. The van der Waals surface area contributed by atoms with E-state index in [9.17, 15) is 4.39 Å². The van der Waals surface area contributed by atoms with E-state index in [2.05, 4.69) is 0 Å². The van der Waals surface area contributed by atoms with Gasteiger partial charge in [-0.15, -0.1) is 12.4 Å². The SMILES string of the molecule is Cl.NCC1(c2cccc(Cl)c2F)CCCC1. The molecule has 0 radical (unpaired) electrons. The highest BCUT2D eigenvalue weighted by molar-refractivity contribution is 6.30. The Bertz CT molecular complexity index is 362. The van der Waals surface area contributed by atoms with E-state index in [1.54, 1.807) is 12.1 Å². The summed E-state index contributed by atoms with van der Waals surface area (Å²) in [5.41, 5.74) is 6.34. The van der Waals surface area contributed by atoms with E-state index < -0.39 is 0 Å². The van der Waals surface area contributed by atoms with Crippen molar-refractivity contribution in [2.75, 3.05) is 6.54 Å². The molecule has 0 saturated heterocycles. The highest BCUT2D eigenvalue weighted by Gasteiger charge is 2.36. The van der Waals surface area contributed by atoms with Gasteiger partial charge in [-0.05, 0) is 24.5 Å². The molecule has 1 aromatic rings. The molecule has 2 N–H and O–H groups in total. The first-order chi connectivity index (χ1) is 7.19. The van der Waals surface area contributed by atoms with Crippen LogP contribution in [-0.2, 0) is 5.41 Å². The Morgan fingerprint density at radius 3 is 2.50 bits per heavy atom. The highest BCUT2D eigenvalue weighted by Crippen LogP contribution is 2.42. The number of benzene rings is 1. The molecule has 0 aromatic heterocycles. The van der Waals surface area contributed by atoms with Crippen molar-refractivity contribution in [3.05, 3.63) is 34.6 Å². The van der Waals surface area contributed by atoms with Crippen molar-refractivity contribution in [2.45, 2.75) is 31.1 Å². The quantitative estimate of drug-likeness (QED) is 0.866. The molecule has 1 fully saturated rings. The lowest BCUT2D eigenvalue weighted by atomic mass is 9.79. The van der Waals surface area contributed by atoms with Crippen LogP contribution < -0.4 is 5.73 Å². The molecular weight excluding hydrogens is 248 g/mol. The van der Waals surface area contributed by atoms with Gasteiger partial charge in [-0.2, -0.15) is 0 Å². The van der Waals surface area contributed by atoms with Crippen LogP contribution in [0, 0.1) is 5.82 Å². The highest BCUT2D eigenvalue weighted by atomic mass is 35.5. The van der Waals surface area contributed by atoms with Crippen molar-refractivity contribution in [2.24, 2.45) is 5.73 Å². The lowest BCUT2D eigenvalue weighted by Gasteiger charge is -2.28. The summed E-state index contributed by atoms with van der Waals surface area (Å²) < 4.78 is 13.9. The lowest BCUT2D eigenvalue weighted by molar-refractivity contribution is 0.427. The molecule has 16 heavy (non-hydrogen) atoms. The predicted octanol–water partition coefficient (Wildman–Crippen LogP) is 3.67. The molecule has 0 atom stereocenters. The number of hydrogen-bond donors (Lipinski definition) is 1. The van der Waals surface area contributed by atoms with Crippen molar-refractivity contribution in [3.63, 3.8) is 0 Å². The van der Waals surface area contributed by atoms with Crippen molar-refractivity contribution in [1.29, 1.82) is 0 Å². The number of halogens is 3. The first-order valence-corrected chi connectivity index (χ1v) is 5.72. The van der Waals surface area contributed by atoms with Gasteiger partial charge in [-0.3, -0.25) is 0 Å². The van der Waals surface area contributed by atoms with Gasteiger partial charge >= 0.3 is 0 Å². The summed E-state index contributed by atoms with van der Waals surface area (Å²) in [4.78, 5) is 0. The van der Waals surface area contributed by atoms with E-state index in [1.165, 1.54) is 0 Å². The normalized spacial score (nSPS) is 18.2. The molecule has 0 heterocycles. The monoisotopic (exact) mass is 263 g/mol. The molecule has 0 spiro atoms. The van der Waals surface area contributed by atoms with E-state index >= 15 is 0 Å². The van der Waals surface area contributed by atoms with Gasteiger partial charge < -0.3 is 5.73 Å². The summed E-state index contributed by atoms with van der Waals surface area (Å²) in [6.45, 7) is 0.504. The molecule has 0 unspecified atom stereocenters. The Morgan fingerprint density at radius 2 is 1.94 bits per heavy atom. The molecule has 1 nitrogen and oxygen atoms in total. The maximum absolute atomic E-state index is 13.9. The summed E-state index contributed by atoms with van der Waals surface area (Å²) in [5, 5.41) is 0.201. The Morgan fingerprint density at radius 1 is 1.31 bits per heavy atom. The van der Waals surface area contributed by atoms with Gasteiger partial charge in [0, 0.05) is 12.0 Å². The average molecular weight is 264 g/mol. The summed E-state index contributed by atoms with van der Waals surface area (Å²) in [6.07, 6.45) is 4.20. The first kappa shape index (κ1) is 13.8. The Labute approximate surface area is 107 Å². The molecule has 1 aliphatic carbocycles. The summed E-state index contributed by atoms with van der Waals surface area (Å²) in [5.74, 6) is -0.286. The lowest BCUT2D eigenvalue weighted by Crippen LogP contribution is -2.33. The van der Waals surface area contributed by atoms with Crippen LogP contribution in [0.3, 0.4) is 0 Å². The zero-order chi connectivity index (χ0) is 10.9. The van der Waals surface area contributed by atoms with Crippen LogP contribution in [0.1, 0.15) is 31.2 Å². The summed E-state index contributed by atoms with van der Waals surface area (Å²) in [6, 6.07) is 5.20. The van der Waals surface area contributed by atoms with Gasteiger partial charge in [0.05, 0.1) is 5.02 Å². The standard InChI is InChI=1S/C12H15ClFN.ClH/c13-10-5-3-4-9(11(10)14)12(8-15)6-1-2-7-12;/h3-5H,1-2,6-8,15H2;1H. The summed E-state index contributed by atoms with van der Waals surface area (Å²) in [7, 11) is 0. The van der Waals surface area contributed by atoms with Crippen LogP contribution in [0.2, 0.25) is 5.02 Å². The molecule has 1 aromatic carbocycles.